The smallest absolute Gasteiger partial charge is 0.245 e. The van der Waals surface area contributed by atoms with Crippen LogP contribution < -0.4 is 24.0 Å². The average molecular weight is 445 g/mol. The molecule has 164 valence electrons. The van der Waals surface area contributed by atoms with Crippen molar-refractivity contribution in [2.24, 2.45) is 0 Å². The minimum Gasteiger partial charge on any atom is -0.454 e. The van der Waals surface area contributed by atoms with E-state index in [0.29, 0.717) is 35.8 Å². The van der Waals surface area contributed by atoms with E-state index in [0.717, 1.165) is 28.2 Å². The maximum atomic E-state index is 12.7. The predicted molar refractivity (Wildman–Crippen MR) is 116 cm³/mol. The zero-order valence-corrected chi connectivity index (χ0v) is 18.1. The fourth-order valence-electron chi connectivity index (χ4n) is 3.65. The maximum Gasteiger partial charge on any atom is 0.245 e. The van der Waals surface area contributed by atoms with Crippen LogP contribution in [-0.2, 0) is 19.6 Å². The fraction of sp³-hybridized carbons (Fsp3) is 0.333. The van der Waals surface area contributed by atoms with Gasteiger partial charge in [-0.3, -0.25) is 13.9 Å². The summed E-state index contributed by atoms with van der Waals surface area (Å²) in [4.78, 5) is 26.5. The minimum atomic E-state index is -3.73. The van der Waals surface area contributed by atoms with Crippen LogP contribution in [0.3, 0.4) is 0 Å². The van der Waals surface area contributed by atoms with Gasteiger partial charge in [0.25, 0.3) is 0 Å². The van der Waals surface area contributed by atoms with Crippen molar-refractivity contribution in [2.75, 3.05) is 40.7 Å². The Morgan fingerprint density at radius 2 is 1.94 bits per heavy atom. The number of anilines is 3. The monoisotopic (exact) mass is 445 g/mol. The Labute approximate surface area is 180 Å². The van der Waals surface area contributed by atoms with Crippen LogP contribution in [0.1, 0.15) is 18.4 Å². The average Bonchev–Trinajstić information content (AvgIpc) is 3.35. The fourth-order valence-corrected chi connectivity index (χ4v) is 4.50. The van der Waals surface area contributed by atoms with Crippen LogP contribution in [0.4, 0.5) is 17.1 Å². The normalized spacial score (nSPS) is 15.3. The van der Waals surface area contributed by atoms with Crippen molar-refractivity contribution in [3.8, 4) is 11.5 Å². The molecule has 0 saturated carbocycles. The van der Waals surface area contributed by atoms with Gasteiger partial charge in [0.2, 0.25) is 28.6 Å². The lowest BCUT2D eigenvalue weighted by molar-refractivity contribution is -0.117. The molecule has 2 aliphatic rings. The molecule has 0 spiro atoms. The Morgan fingerprint density at radius 1 is 1.16 bits per heavy atom. The molecule has 1 saturated heterocycles. The molecule has 1 fully saturated rings. The highest BCUT2D eigenvalue weighted by molar-refractivity contribution is 7.92. The van der Waals surface area contributed by atoms with Gasteiger partial charge in [-0.2, -0.15) is 0 Å². The summed E-state index contributed by atoms with van der Waals surface area (Å²) in [6, 6.07) is 9.98. The number of carbonyl (C=O) groups excluding carboxylic acids is 2. The zero-order chi connectivity index (χ0) is 22.2. The van der Waals surface area contributed by atoms with Crippen molar-refractivity contribution in [1.82, 2.24) is 0 Å². The molecule has 2 aromatic rings. The molecule has 31 heavy (non-hydrogen) atoms. The number of carbonyl (C=O) groups is 2. The number of benzene rings is 2. The van der Waals surface area contributed by atoms with Gasteiger partial charge >= 0.3 is 0 Å². The standard InChI is InChI=1S/C21H23N3O6S/c1-14-5-6-15(10-17(14)23-9-3-4-21(23)26)22-20(25)12-24(31(2,27)28)16-7-8-18-19(11-16)30-13-29-18/h5-8,10-11H,3-4,9,12-13H2,1-2H3,(H,22,25). The highest BCUT2D eigenvalue weighted by atomic mass is 32.2. The van der Waals surface area contributed by atoms with Gasteiger partial charge in [0.1, 0.15) is 6.54 Å². The number of nitrogens with one attached hydrogen (secondary N) is 1. The van der Waals surface area contributed by atoms with E-state index in [9.17, 15) is 18.0 Å². The first kappa shape index (κ1) is 21.0. The maximum absolute atomic E-state index is 12.7. The Hall–Kier alpha value is -3.27. The van der Waals surface area contributed by atoms with Gasteiger partial charge in [0, 0.05) is 30.4 Å². The Morgan fingerprint density at radius 3 is 2.65 bits per heavy atom. The van der Waals surface area contributed by atoms with Crippen LogP contribution in [0, 0.1) is 6.92 Å². The predicted octanol–water partition coefficient (Wildman–Crippen LogP) is 2.26. The van der Waals surface area contributed by atoms with Crippen molar-refractivity contribution in [1.29, 1.82) is 0 Å². The summed E-state index contributed by atoms with van der Waals surface area (Å²) >= 11 is 0. The lowest BCUT2D eigenvalue weighted by atomic mass is 10.1. The SMILES string of the molecule is Cc1ccc(NC(=O)CN(c2ccc3c(c2)OCO3)S(C)(=O)=O)cc1N1CCCC1=O. The summed E-state index contributed by atoms with van der Waals surface area (Å²) in [5, 5.41) is 2.73. The number of sulfonamides is 1. The van der Waals surface area contributed by atoms with Crippen molar-refractivity contribution in [3.63, 3.8) is 0 Å². The third-order valence-corrected chi connectivity index (χ3v) is 6.33. The molecule has 9 nitrogen and oxygen atoms in total. The largest absolute Gasteiger partial charge is 0.454 e. The summed E-state index contributed by atoms with van der Waals surface area (Å²) in [7, 11) is -3.73. The first-order valence-corrected chi connectivity index (χ1v) is 11.7. The van der Waals surface area contributed by atoms with Crippen LogP contribution >= 0.6 is 0 Å². The van der Waals surface area contributed by atoms with Crippen molar-refractivity contribution in [2.45, 2.75) is 19.8 Å². The van der Waals surface area contributed by atoms with Crippen LogP contribution in [0.25, 0.3) is 0 Å². The van der Waals surface area contributed by atoms with E-state index in [2.05, 4.69) is 5.32 Å². The molecule has 4 rings (SSSR count). The molecule has 2 aliphatic heterocycles. The first-order chi connectivity index (χ1) is 14.7. The highest BCUT2D eigenvalue weighted by Crippen LogP contribution is 2.36. The van der Waals surface area contributed by atoms with Crippen LogP contribution in [-0.4, -0.2) is 46.4 Å². The molecular weight excluding hydrogens is 422 g/mol. The van der Waals surface area contributed by atoms with Gasteiger partial charge in [-0.15, -0.1) is 0 Å². The quantitative estimate of drug-likeness (QED) is 0.731. The third kappa shape index (κ3) is 4.43. The van der Waals surface area contributed by atoms with E-state index >= 15 is 0 Å². The number of rotatable bonds is 6. The molecule has 2 aromatic carbocycles. The molecule has 2 amide bonds. The van der Waals surface area contributed by atoms with E-state index < -0.39 is 22.5 Å². The van der Waals surface area contributed by atoms with Gasteiger partial charge in [-0.05, 0) is 43.2 Å². The topological polar surface area (TPSA) is 105 Å². The Kier molecular flexibility index (Phi) is 5.48. The second-order valence-electron chi connectivity index (χ2n) is 7.51. The lowest BCUT2D eigenvalue weighted by Crippen LogP contribution is -2.37. The van der Waals surface area contributed by atoms with E-state index in [1.165, 1.54) is 6.07 Å². The van der Waals surface area contributed by atoms with E-state index in [1.807, 2.05) is 13.0 Å². The zero-order valence-electron chi connectivity index (χ0n) is 17.3. The molecular formula is C21H23N3O6S. The first-order valence-electron chi connectivity index (χ1n) is 9.80. The molecule has 0 unspecified atom stereocenters. The summed E-state index contributed by atoms with van der Waals surface area (Å²) in [5.41, 5.74) is 2.46. The number of hydrogen-bond donors (Lipinski definition) is 1. The molecule has 0 aliphatic carbocycles. The van der Waals surface area contributed by atoms with Gasteiger partial charge in [-0.25, -0.2) is 8.42 Å². The molecule has 0 aromatic heterocycles. The summed E-state index contributed by atoms with van der Waals surface area (Å²) < 4.78 is 36.3. The number of ether oxygens (including phenoxy) is 2. The number of amides is 2. The number of hydrogen-bond acceptors (Lipinski definition) is 6. The highest BCUT2D eigenvalue weighted by Gasteiger charge is 2.25. The summed E-state index contributed by atoms with van der Waals surface area (Å²) in [6.07, 6.45) is 2.34. The summed E-state index contributed by atoms with van der Waals surface area (Å²) in [5.74, 6) is 0.485. The van der Waals surface area contributed by atoms with Gasteiger partial charge in [0.05, 0.1) is 11.9 Å². The second-order valence-corrected chi connectivity index (χ2v) is 9.41. The number of fused-ring (bicyclic) bond motifs is 1. The van der Waals surface area contributed by atoms with Gasteiger partial charge < -0.3 is 19.7 Å². The number of aryl methyl sites for hydroxylation is 1. The van der Waals surface area contributed by atoms with Gasteiger partial charge in [-0.1, -0.05) is 6.07 Å². The molecule has 2 heterocycles. The van der Waals surface area contributed by atoms with E-state index in [-0.39, 0.29) is 12.7 Å². The lowest BCUT2D eigenvalue weighted by Gasteiger charge is -2.23. The van der Waals surface area contributed by atoms with Crippen molar-refractivity contribution >= 4 is 38.9 Å². The van der Waals surface area contributed by atoms with Crippen LogP contribution in [0.2, 0.25) is 0 Å². The minimum absolute atomic E-state index is 0.0534. The van der Waals surface area contributed by atoms with E-state index in [4.69, 9.17) is 9.47 Å². The molecule has 0 bridgehead atoms. The Balaban J connectivity index is 1.53. The van der Waals surface area contributed by atoms with Crippen molar-refractivity contribution in [3.05, 3.63) is 42.0 Å². The molecule has 10 heteroatoms. The van der Waals surface area contributed by atoms with Gasteiger partial charge in [0.15, 0.2) is 11.5 Å². The summed E-state index contributed by atoms with van der Waals surface area (Å²) in [6.45, 7) is 2.19. The third-order valence-electron chi connectivity index (χ3n) is 5.19. The molecule has 1 N–H and O–H groups in total. The Bertz CT molecular complexity index is 1150. The molecule has 0 radical (unpaired) electrons. The van der Waals surface area contributed by atoms with Crippen LogP contribution in [0.5, 0.6) is 11.5 Å². The number of nitrogens with zero attached hydrogens (tertiary/aromatic N) is 2. The second kappa shape index (κ2) is 8.10. The van der Waals surface area contributed by atoms with Crippen LogP contribution in [0.15, 0.2) is 36.4 Å². The molecule has 0 atom stereocenters. The van der Waals surface area contributed by atoms with Crippen molar-refractivity contribution < 1.29 is 27.5 Å². The van der Waals surface area contributed by atoms with E-state index in [1.54, 1.807) is 29.2 Å².